The zero-order valence-corrected chi connectivity index (χ0v) is 14.0. The molecule has 0 aliphatic heterocycles. The first-order valence-electron chi connectivity index (χ1n) is 8.65. The van der Waals surface area contributed by atoms with Crippen molar-refractivity contribution >= 4 is 0 Å². The van der Waals surface area contributed by atoms with Crippen molar-refractivity contribution in [1.82, 2.24) is 0 Å². The monoisotopic (exact) mass is 292 g/mol. The lowest BCUT2D eigenvalue weighted by Crippen LogP contribution is -2.35. The Hall–Kier alpha value is -1.56. The summed E-state index contributed by atoms with van der Waals surface area (Å²) in [4.78, 5) is 0. The minimum Gasteiger partial charge on any atom is -0.0622 e. The smallest absolute Gasteiger partial charge is 0.0216 e. The van der Waals surface area contributed by atoms with Crippen LogP contribution in [0.15, 0.2) is 60.7 Å². The standard InChI is InChI=1S/C22H28/c1-21(2)13-15-22(16-14-21,17-19-9-5-3-6-10-19)18-20-11-7-4-8-12-20/h3-12H,13-18H2,1-2H3. The SMILES string of the molecule is CC1(C)CCC(Cc2ccccc2)(Cc2ccccc2)CC1. The van der Waals surface area contributed by atoms with Crippen LogP contribution in [0.3, 0.4) is 0 Å². The molecule has 22 heavy (non-hydrogen) atoms. The maximum Gasteiger partial charge on any atom is -0.0216 e. The molecule has 2 aromatic carbocycles. The normalized spacial score (nSPS) is 19.7. The second-order valence-corrected chi connectivity index (χ2v) is 7.99. The zero-order valence-electron chi connectivity index (χ0n) is 14.0. The third kappa shape index (κ3) is 3.80. The summed E-state index contributed by atoms with van der Waals surface area (Å²) in [5, 5.41) is 0. The van der Waals surface area contributed by atoms with Crippen LogP contribution in [-0.4, -0.2) is 0 Å². The van der Waals surface area contributed by atoms with E-state index in [1.165, 1.54) is 49.7 Å². The van der Waals surface area contributed by atoms with Crippen LogP contribution in [0, 0.1) is 10.8 Å². The molecule has 0 bridgehead atoms. The van der Waals surface area contributed by atoms with Gasteiger partial charge < -0.3 is 0 Å². The van der Waals surface area contributed by atoms with Gasteiger partial charge in [-0.05, 0) is 60.5 Å². The molecule has 0 atom stereocenters. The molecule has 2 aromatic rings. The molecule has 0 unspecified atom stereocenters. The fourth-order valence-corrected chi connectivity index (χ4v) is 3.93. The average Bonchev–Trinajstić information content (AvgIpc) is 2.53. The van der Waals surface area contributed by atoms with Gasteiger partial charge in [0.2, 0.25) is 0 Å². The van der Waals surface area contributed by atoms with Crippen LogP contribution in [0.1, 0.15) is 50.7 Å². The van der Waals surface area contributed by atoms with Crippen molar-refractivity contribution in [3.63, 3.8) is 0 Å². The summed E-state index contributed by atoms with van der Waals surface area (Å²) in [5.41, 5.74) is 3.96. The Bertz CT molecular complexity index is 526. The van der Waals surface area contributed by atoms with Gasteiger partial charge in [0.25, 0.3) is 0 Å². The van der Waals surface area contributed by atoms with Gasteiger partial charge in [0, 0.05) is 0 Å². The van der Waals surface area contributed by atoms with Crippen LogP contribution >= 0.6 is 0 Å². The number of hydrogen-bond donors (Lipinski definition) is 0. The lowest BCUT2D eigenvalue weighted by molar-refractivity contribution is 0.100. The molecule has 0 amide bonds. The molecule has 0 N–H and O–H groups in total. The van der Waals surface area contributed by atoms with Crippen molar-refractivity contribution < 1.29 is 0 Å². The van der Waals surface area contributed by atoms with Gasteiger partial charge in [-0.15, -0.1) is 0 Å². The fourth-order valence-electron chi connectivity index (χ4n) is 3.93. The quantitative estimate of drug-likeness (QED) is 0.642. The van der Waals surface area contributed by atoms with Gasteiger partial charge in [0.1, 0.15) is 0 Å². The molecule has 1 aliphatic rings. The highest BCUT2D eigenvalue weighted by Crippen LogP contribution is 2.48. The van der Waals surface area contributed by atoms with Gasteiger partial charge >= 0.3 is 0 Å². The molecule has 116 valence electrons. The second-order valence-electron chi connectivity index (χ2n) is 7.99. The van der Waals surface area contributed by atoms with Crippen molar-refractivity contribution in [2.24, 2.45) is 10.8 Å². The number of hydrogen-bond acceptors (Lipinski definition) is 0. The first kappa shape index (κ1) is 15.3. The summed E-state index contributed by atoms with van der Waals surface area (Å²) >= 11 is 0. The van der Waals surface area contributed by atoms with E-state index in [0.717, 1.165) is 0 Å². The molecular weight excluding hydrogens is 264 g/mol. The molecule has 0 heterocycles. The molecule has 1 saturated carbocycles. The van der Waals surface area contributed by atoms with Crippen molar-refractivity contribution in [2.45, 2.75) is 52.4 Å². The second kappa shape index (κ2) is 6.28. The van der Waals surface area contributed by atoms with Gasteiger partial charge in [-0.1, -0.05) is 74.5 Å². The van der Waals surface area contributed by atoms with Crippen molar-refractivity contribution in [3.05, 3.63) is 71.8 Å². The van der Waals surface area contributed by atoms with Crippen LogP contribution in [0.2, 0.25) is 0 Å². The van der Waals surface area contributed by atoms with Crippen molar-refractivity contribution in [1.29, 1.82) is 0 Å². The Kier molecular flexibility index (Phi) is 4.38. The molecular formula is C22H28. The Balaban J connectivity index is 1.82. The lowest BCUT2D eigenvalue weighted by Gasteiger charge is -2.44. The highest BCUT2D eigenvalue weighted by molar-refractivity contribution is 5.21. The van der Waals surface area contributed by atoms with Crippen molar-refractivity contribution in [2.75, 3.05) is 0 Å². The van der Waals surface area contributed by atoms with E-state index in [2.05, 4.69) is 74.5 Å². The Morgan fingerprint density at radius 2 is 1.05 bits per heavy atom. The Morgan fingerprint density at radius 3 is 1.45 bits per heavy atom. The zero-order chi connectivity index (χ0) is 15.5. The molecule has 0 saturated heterocycles. The topological polar surface area (TPSA) is 0 Å². The molecule has 0 radical (unpaired) electrons. The van der Waals surface area contributed by atoms with Gasteiger partial charge in [-0.3, -0.25) is 0 Å². The van der Waals surface area contributed by atoms with Crippen LogP contribution in [0.25, 0.3) is 0 Å². The summed E-state index contributed by atoms with van der Waals surface area (Å²) in [5.74, 6) is 0. The Morgan fingerprint density at radius 1 is 0.636 bits per heavy atom. The molecule has 1 fully saturated rings. The van der Waals surface area contributed by atoms with Gasteiger partial charge in [-0.2, -0.15) is 0 Å². The van der Waals surface area contributed by atoms with Crippen molar-refractivity contribution in [3.8, 4) is 0 Å². The van der Waals surface area contributed by atoms with Gasteiger partial charge in [0.05, 0.1) is 0 Å². The van der Waals surface area contributed by atoms with Crippen LogP contribution < -0.4 is 0 Å². The summed E-state index contributed by atoms with van der Waals surface area (Å²) in [6.45, 7) is 4.86. The number of rotatable bonds is 4. The average molecular weight is 292 g/mol. The van der Waals surface area contributed by atoms with E-state index < -0.39 is 0 Å². The highest BCUT2D eigenvalue weighted by Gasteiger charge is 2.38. The number of benzene rings is 2. The molecule has 1 aliphatic carbocycles. The molecule has 0 aromatic heterocycles. The molecule has 0 heteroatoms. The predicted molar refractivity (Wildman–Crippen MR) is 95.0 cm³/mol. The first-order chi connectivity index (χ1) is 10.6. The third-order valence-electron chi connectivity index (χ3n) is 5.51. The largest absolute Gasteiger partial charge is 0.0622 e. The highest BCUT2D eigenvalue weighted by atomic mass is 14.4. The van der Waals surface area contributed by atoms with E-state index in [0.29, 0.717) is 10.8 Å². The van der Waals surface area contributed by atoms with E-state index in [9.17, 15) is 0 Å². The summed E-state index contributed by atoms with van der Waals surface area (Å²) in [7, 11) is 0. The van der Waals surface area contributed by atoms with E-state index in [1.54, 1.807) is 0 Å². The predicted octanol–water partition coefficient (Wildman–Crippen LogP) is 6.06. The summed E-state index contributed by atoms with van der Waals surface area (Å²) in [6.07, 6.45) is 7.85. The van der Waals surface area contributed by atoms with E-state index in [4.69, 9.17) is 0 Å². The molecule has 0 spiro atoms. The van der Waals surface area contributed by atoms with E-state index in [1.807, 2.05) is 0 Å². The molecule has 0 nitrogen and oxygen atoms in total. The summed E-state index contributed by atoms with van der Waals surface area (Å²) < 4.78 is 0. The van der Waals surface area contributed by atoms with Gasteiger partial charge in [-0.25, -0.2) is 0 Å². The van der Waals surface area contributed by atoms with Gasteiger partial charge in [0.15, 0.2) is 0 Å². The minimum absolute atomic E-state index is 0.443. The molecule has 3 rings (SSSR count). The first-order valence-corrected chi connectivity index (χ1v) is 8.65. The van der Waals surface area contributed by atoms with E-state index >= 15 is 0 Å². The Labute approximate surface area is 135 Å². The van der Waals surface area contributed by atoms with E-state index in [-0.39, 0.29) is 0 Å². The van der Waals surface area contributed by atoms with Crippen LogP contribution in [-0.2, 0) is 12.8 Å². The maximum atomic E-state index is 2.43. The van der Waals surface area contributed by atoms with Crippen LogP contribution in [0.5, 0.6) is 0 Å². The third-order valence-corrected chi connectivity index (χ3v) is 5.51. The minimum atomic E-state index is 0.443. The lowest BCUT2D eigenvalue weighted by atomic mass is 9.61. The summed E-state index contributed by atoms with van der Waals surface area (Å²) in [6, 6.07) is 22.2. The maximum absolute atomic E-state index is 2.43. The van der Waals surface area contributed by atoms with Crippen LogP contribution in [0.4, 0.5) is 0 Å². The fraction of sp³-hybridized carbons (Fsp3) is 0.455.